The Morgan fingerprint density at radius 3 is 1.66 bits per heavy atom. The zero-order chi connectivity index (χ0) is 32.9. The standard InChI is InChI=1S/C35H71N2O6P/c1-6-8-10-11-12-13-14-15-16-17-18-19-20-21-22-23-24-25-27-29-35(39)36-33(34(38)28-26-9-7-2)32-43-44(40,41)42-31-30-37(3,4)5/h26,28,33-34,38H,6-25,27,29-32H2,1-5H3,(H-,36,39,40,41)/b28-26+. The number of phosphoric acid groups is 1. The number of nitrogens with zero attached hydrogens (tertiary/aromatic N) is 1. The maximum atomic E-state index is 12.6. The molecule has 0 aliphatic rings. The Bertz CT molecular complexity index is 743. The lowest BCUT2D eigenvalue weighted by Crippen LogP contribution is -2.45. The number of rotatable bonds is 32. The molecule has 1 amide bonds. The van der Waals surface area contributed by atoms with Crippen molar-refractivity contribution in [2.24, 2.45) is 0 Å². The van der Waals surface area contributed by atoms with Gasteiger partial charge in [-0.05, 0) is 12.8 Å². The molecule has 0 saturated carbocycles. The molecule has 0 spiro atoms. The number of allylic oxidation sites excluding steroid dienone is 1. The summed E-state index contributed by atoms with van der Waals surface area (Å²) in [5, 5.41) is 13.4. The summed E-state index contributed by atoms with van der Waals surface area (Å²) in [6.07, 6.45) is 29.1. The van der Waals surface area contributed by atoms with Gasteiger partial charge < -0.3 is 28.8 Å². The molecule has 0 saturated heterocycles. The van der Waals surface area contributed by atoms with E-state index in [-0.39, 0.29) is 19.1 Å². The van der Waals surface area contributed by atoms with Crippen LogP contribution < -0.4 is 10.2 Å². The fraction of sp³-hybridized carbons (Fsp3) is 0.914. The molecule has 3 atom stereocenters. The maximum absolute atomic E-state index is 12.6. The summed E-state index contributed by atoms with van der Waals surface area (Å²) in [5.74, 6) is -0.208. The van der Waals surface area contributed by atoms with Gasteiger partial charge in [0.25, 0.3) is 7.82 Å². The second-order valence-electron chi connectivity index (χ2n) is 13.6. The Labute approximate surface area is 272 Å². The van der Waals surface area contributed by atoms with E-state index in [0.717, 1.165) is 32.1 Å². The van der Waals surface area contributed by atoms with Crippen molar-refractivity contribution in [2.75, 3.05) is 40.9 Å². The highest BCUT2D eigenvalue weighted by Crippen LogP contribution is 2.38. The Hall–Kier alpha value is -0.760. The third-order valence-corrected chi connectivity index (χ3v) is 8.94. The Morgan fingerprint density at radius 1 is 0.773 bits per heavy atom. The van der Waals surface area contributed by atoms with Crippen LogP contribution in [0.25, 0.3) is 0 Å². The highest BCUT2D eigenvalue weighted by Gasteiger charge is 2.23. The number of hydrogen-bond donors (Lipinski definition) is 2. The predicted octanol–water partition coefficient (Wildman–Crippen LogP) is 8.22. The van der Waals surface area contributed by atoms with E-state index < -0.39 is 20.0 Å². The highest BCUT2D eigenvalue weighted by molar-refractivity contribution is 7.45. The van der Waals surface area contributed by atoms with Gasteiger partial charge in [0.05, 0.1) is 39.9 Å². The number of likely N-dealkylation sites (N-methyl/N-ethyl adjacent to an activating group) is 1. The smallest absolute Gasteiger partial charge is 0.268 e. The van der Waals surface area contributed by atoms with Crippen molar-refractivity contribution in [3.63, 3.8) is 0 Å². The number of carbonyl (C=O) groups is 1. The number of aliphatic hydroxyl groups is 1. The molecule has 0 fully saturated rings. The summed E-state index contributed by atoms with van der Waals surface area (Å²) < 4.78 is 22.8. The molecule has 8 nitrogen and oxygen atoms in total. The number of unbranched alkanes of at least 4 members (excludes halogenated alkanes) is 19. The highest BCUT2D eigenvalue weighted by atomic mass is 31.2. The van der Waals surface area contributed by atoms with Gasteiger partial charge in [-0.3, -0.25) is 9.36 Å². The predicted molar refractivity (Wildman–Crippen MR) is 182 cm³/mol. The van der Waals surface area contributed by atoms with Crippen molar-refractivity contribution in [2.45, 2.75) is 167 Å². The Morgan fingerprint density at radius 2 is 1.23 bits per heavy atom. The largest absolute Gasteiger partial charge is 0.756 e. The van der Waals surface area contributed by atoms with Crippen LogP contribution in [0.1, 0.15) is 155 Å². The molecule has 262 valence electrons. The molecule has 0 aromatic carbocycles. The van der Waals surface area contributed by atoms with Crippen molar-refractivity contribution in [3.05, 3.63) is 12.2 Å². The molecular weight excluding hydrogens is 575 g/mol. The number of aliphatic hydroxyl groups excluding tert-OH is 1. The summed E-state index contributed by atoms with van der Waals surface area (Å²) in [5.41, 5.74) is 0. The lowest BCUT2D eigenvalue weighted by molar-refractivity contribution is -0.870. The monoisotopic (exact) mass is 647 g/mol. The molecule has 0 heterocycles. The van der Waals surface area contributed by atoms with E-state index in [0.29, 0.717) is 17.4 Å². The first kappa shape index (κ1) is 43.2. The Kier molecular flexibility index (Phi) is 28.0. The third-order valence-electron chi connectivity index (χ3n) is 7.98. The number of quaternary nitrogens is 1. The van der Waals surface area contributed by atoms with Crippen molar-refractivity contribution >= 4 is 13.7 Å². The van der Waals surface area contributed by atoms with Crippen LogP contribution in [-0.4, -0.2) is 68.5 Å². The van der Waals surface area contributed by atoms with Crippen molar-refractivity contribution in [1.82, 2.24) is 5.32 Å². The molecule has 0 aromatic heterocycles. The molecule has 0 radical (unpaired) electrons. The van der Waals surface area contributed by atoms with Gasteiger partial charge in [0.1, 0.15) is 13.2 Å². The zero-order valence-electron chi connectivity index (χ0n) is 29.4. The van der Waals surface area contributed by atoms with Crippen LogP contribution in [0.5, 0.6) is 0 Å². The van der Waals surface area contributed by atoms with Crippen LogP contribution >= 0.6 is 7.82 Å². The van der Waals surface area contributed by atoms with Crippen LogP contribution in [0.15, 0.2) is 12.2 Å². The van der Waals surface area contributed by atoms with E-state index in [1.54, 1.807) is 6.08 Å². The molecule has 0 aliphatic carbocycles. The van der Waals surface area contributed by atoms with Crippen molar-refractivity contribution < 1.29 is 32.9 Å². The molecule has 0 rings (SSSR count). The average molecular weight is 647 g/mol. The molecular formula is C35H71N2O6P. The molecule has 2 N–H and O–H groups in total. The first-order valence-corrected chi connectivity index (χ1v) is 19.5. The van der Waals surface area contributed by atoms with Gasteiger partial charge in [-0.25, -0.2) is 0 Å². The second kappa shape index (κ2) is 28.5. The van der Waals surface area contributed by atoms with Gasteiger partial charge in [-0.2, -0.15) is 0 Å². The summed E-state index contributed by atoms with van der Waals surface area (Å²) in [7, 11) is 1.26. The molecule has 44 heavy (non-hydrogen) atoms. The van der Waals surface area contributed by atoms with Crippen LogP contribution in [0.3, 0.4) is 0 Å². The van der Waals surface area contributed by atoms with Crippen LogP contribution in [0, 0.1) is 0 Å². The van der Waals surface area contributed by atoms with Crippen molar-refractivity contribution in [1.29, 1.82) is 0 Å². The number of carbonyl (C=O) groups excluding carboxylic acids is 1. The second-order valence-corrected chi connectivity index (χ2v) is 15.0. The topological polar surface area (TPSA) is 108 Å². The number of amides is 1. The molecule has 3 unspecified atom stereocenters. The normalized spacial score (nSPS) is 15.0. The van der Waals surface area contributed by atoms with Crippen LogP contribution in [0.4, 0.5) is 0 Å². The zero-order valence-corrected chi connectivity index (χ0v) is 30.3. The van der Waals surface area contributed by atoms with Crippen LogP contribution in [0.2, 0.25) is 0 Å². The summed E-state index contributed by atoms with van der Waals surface area (Å²) in [6, 6.07) is -0.875. The van der Waals surface area contributed by atoms with Crippen LogP contribution in [-0.2, 0) is 18.4 Å². The maximum Gasteiger partial charge on any atom is 0.268 e. The quantitative estimate of drug-likeness (QED) is 0.0330. The number of hydrogen-bond acceptors (Lipinski definition) is 6. The minimum Gasteiger partial charge on any atom is -0.756 e. The fourth-order valence-corrected chi connectivity index (χ4v) is 5.76. The lowest BCUT2D eigenvalue weighted by atomic mass is 10.0. The van der Waals surface area contributed by atoms with E-state index in [1.807, 2.05) is 34.1 Å². The van der Waals surface area contributed by atoms with E-state index in [1.165, 1.54) is 103 Å². The van der Waals surface area contributed by atoms with Gasteiger partial charge in [0.2, 0.25) is 5.91 Å². The lowest BCUT2D eigenvalue weighted by Gasteiger charge is -2.29. The van der Waals surface area contributed by atoms with E-state index in [4.69, 9.17) is 9.05 Å². The molecule has 9 heteroatoms. The van der Waals surface area contributed by atoms with Gasteiger partial charge in [0.15, 0.2) is 0 Å². The number of phosphoric ester groups is 1. The van der Waals surface area contributed by atoms with Gasteiger partial charge in [-0.1, -0.05) is 148 Å². The summed E-state index contributed by atoms with van der Waals surface area (Å²) >= 11 is 0. The van der Waals surface area contributed by atoms with Gasteiger partial charge in [-0.15, -0.1) is 0 Å². The van der Waals surface area contributed by atoms with E-state index in [2.05, 4.69) is 12.2 Å². The molecule has 0 aliphatic heterocycles. The molecule has 0 bridgehead atoms. The molecule has 0 aromatic rings. The average Bonchev–Trinajstić information content (AvgIpc) is 2.95. The van der Waals surface area contributed by atoms with Crippen molar-refractivity contribution in [3.8, 4) is 0 Å². The van der Waals surface area contributed by atoms with Gasteiger partial charge in [0, 0.05) is 6.42 Å². The third kappa shape index (κ3) is 29.9. The summed E-state index contributed by atoms with van der Waals surface area (Å²) in [4.78, 5) is 24.8. The first-order valence-electron chi connectivity index (χ1n) is 18.1. The fourth-order valence-electron chi connectivity index (χ4n) is 5.04. The summed E-state index contributed by atoms with van der Waals surface area (Å²) in [6.45, 7) is 4.42. The minimum absolute atomic E-state index is 0.000337. The number of nitrogens with one attached hydrogen (secondary N) is 1. The van der Waals surface area contributed by atoms with Gasteiger partial charge >= 0.3 is 0 Å². The SMILES string of the molecule is CCC/C=C/C(O)C(COP(=O)([O-])OCC[N+](C)(C)C)NC(=O)CCCCCCCCCCCCCCCCCCCCC. The van der Waals surface area contributed by atoms with E-state index >= 15 is 0 Å². The van der Waals surface area contributed by atoms with E-state index in [9.17, 15) is 19.4 Å². The minimum atomic E-state index is -4.55. The Balaban J connectivity index is 4.04. The first-order chi connectivity index (χ1) is 21.0.